The van der Waals surface area contributed by atoms with Gasteiger partial charge in [0.15, 0.2) is 0 Å². The zero-order valence-electron chi connectivity index (χ0n) is 9.90. The van der Waals surface area contributed by atoms with E-state index in [1.807, 2.05) is 31.2 Å². The molecule has 0 saturated carbocycles. The number of carbonyl (C=O) groups excluding carboxylic acids is 2. The molecule has 1 aliphatic heterocycles. The van der Waals surface area contributed by atoms with Gasteiger partial charge in [0.05, 0.1) is 7.11 Å². The number of benzene rings is 1. The van der Waals surface area contributed by atoms with Crippen LogP contribution in [-0.4, -0.2) is 18.9 Å². The van der Waals surface area contributed by atoms with Crippen molar-refractivity contribution in [1.82, 2.24) is 5.32 Å². The Bertz CT molecular complexity index is 456. The topological polar surface area (TPSA) is 55.4 Å². The van der Waals surface area contributed by atoms with Crippen LogP contribution in [0.15, 0.2) is 24.3 Å². The first kappa shape index (κ1) is 11.6. The van der Waals surface area contributed by atoms with E-state index in [-0.39, 0.29) is 23.7 Å². The standard InChI is InChI=1S/C13H15NO3/c1-8-10(7-12(15)14-13(8)16)9-5-3-4-6-11(9)17-2/h3-6,8,10H,7H2,1-2H3,(H,14,15,16). The minimum Gasteiger partial charge on any atom is -0.496 e. The molecule has 2 atom stereocenters. The highest BCUT2D eigenvalue weighted by molar-refractivity contribution is 5.99. The normalized spacial score (nSPS) is 24.4. The van der Waals surface area contributed by atoms with Crippen molar-refractivity contribution in [2.24, 2.45) is 5.92 Å². The Morgan fingerprint density at radius 1 is 1.29 bits per heavy atom. The van der Waals surface area contributed by atoms with E-state index in [1.54, 1.807) is 7.11 Å². The molecule has 1 aliphatic rings. The van der Waals surface area contributed by atoms with Crippen LogP contribution in [0, 0.1) is 5.92 Å². The summed E-state index contributed by atoms with van der Waals surface area (Å²) >= 11 is 0. The molecule has 1 heterocycles. The predicted octanol–water partition coefficient (Wildman–Crippen LogP) is 1.46. The first-order chi connectivity index (χ1) is 8.13. The zero-order valence-corrected chi connectivity index (χ0v) is 9.90. The number of piperidine rings is 1. The van der Waals surface area contributed by atoms with Gasteiger partial charge in [0.1, 0.15) is 5.75 Å². The molecule has 1 aromatic rings. The Hall–Kier alpha value is -1.84. The van der Waals surface area contributed by atoms with Crippen molar-refractivity contribution in [2.75, 3.05) is 7.11 Å². The second-order valence-electron chi connectivity index (χ2n) is 4.25. The SMILES string of the molecule is COc1ccccc1C1CC(=O)NC(=O)C1C. The lowest BCUT2D eigenvalue weighted by Crippen LogP contribution is -2.43. The maximum atomic E-state index is 11.6. The third-order valence-electron chi connectivity index (χ3n) is 3.22. The lowest BCUT2D eigenvalue weighted by Gasteiger charge is -2.28. The van der Waals surface area contributed by atoms with Gasteiger partial charge < -0.3 is 4.74 Å². The predicted molar refractivity (Wildman–Crippen MR) is 62.7 cm³/mol. The molecule has 0 aliphatic carbocycles. The Morgan fingerprint density at radius 3 is 2.71 bits per heavy atom. The summed E-state index contributed by atoms with van der Waals surface area (Å²) in [6.07, 6.45) is 0.327. The van der Waals surface area contributed by atoms with Crippen LogP contribution in [0.2, 0.25) is 0 Å². The number of nitrogens with one attached hydrogen (secondary N) is 1. The van der Waals surface area contributed by atoms with Gasteiger partial charge >= 0.3 is 0 Å². The molecule has 2 unspecified atom stereocenters. The van der Waals surface area contributed by atoms with Crippen molar-refractivity contribution >= 4 is 11.8 Å². The van der Waals surface area contributed by atoms with Crippen molar-refractivity contribution in [3.63, 3.8) is 0 Å². The summed E-state index contributed by atoms with van der Waals surface area (Å²) in [5, 5.41) is 2.35. The van der Waals surface area contributed by atoms with Gasteiger partial charge in [-0.3, -0.25) is 14.9 Å². The summed E-state index contributed by atoms with van der Waals surface area (Å²) in [7, 11) is 1.59. The van der Waals surface area contributed by atoms with Crippen LogP contribution in [0.4, 0.5) is 0 Å². The van der Waals surface area contributed by atoms with E-state index in [0.717, 1.165) is 11.3 Å². The van der Waals surface area contributed by atoms with E-state index in [9.17, 15) is 9.59 Å². The van der Waals surface area contributed by atoms with Crippen LogP contribution in [0.1, 0.15) is 24.8 Å². The van der Waals surface area contributed by atoms with Gasteiger partial charge in [-0.15, -0.1) is 0 Å². The third-order valence-corrected chi connectivity index (χ3v) is 3.22. The van der Waals surface area contributed by atoms with E-state index >= 15 is 0 Å². The molecule has 0 spiro atoms. The van der Waals surface area contributed by atoms with Crippen LogP contribution >= 0.6 is 0 Å². The molecule has 1 N–H and O–H groups in total. The van der Waals surface area contributed by atoms with Crippen molar-refractivity contribution in [2.45, 2.75) is 19.3 Å². The molecule has 90 valence electrons. The Kier molecular flexibility index (Phi) is 3.13. The van der Waals surface area contributed by atoms with Crippen molar-refractivity contribution in [3.8, 4) is 5.75 Å². The van der Waals surface area contributed by atoms with Crippen molar-refractivity contribution in [1.29, 1.82) is 0 Å². The molecule has 0 radical (unpaired) electrons. The fraction of sp³-hybridized carbons (Fsp3) is 0.385. The van der Waals surface area contributed by atoms with Gasteiger partial charge in [-0.05, 0) is 11.6 Å². The van der Waals surface area contributed by atoms with Gasteiger partial charge in [-0.25, -0.2) is 0 Å². The molecule has 1 saturated heterocycles. The summed E-state index contributed by atoms with van der Waals surface area (Å²) in [4.78, 5) is 23.0. The summed E-state index contributed by atoms with van der Waals surface area (Å²) in [5.74, 6) is -0.0237. The number of carbonyl (C=O) groups is 2. The number of para-hydroxylation sites is 1. The maximum Gasteiger partial charge on any atom is 0.230 e. The average molecular weight is 233 g/mol. The minimum absolute atomic E-state index is 0.104. The van der Waals surface area contributed by atoms with Crippen molar-refractivity contribution < 1.29 is 14.3 Å². The van der Waals surface area contributed by atoms with E-state index in [4.69, 9.17) is 4.74 Å². The fourth-order valence-corrected chi connectivity index (χ4v) is 2.21. The molecular formula is C13H15NO3. The van der Waals surface area contributed by atoms with Gasteiger partial charge in [-0.2, -0.15) is 0 Å². The van der Waals surface area contributed by atoms with Crippen molar-refractivity contribution in [3.05, 3.63) is 29.8 Å². The lowest BCUT2D eigenvalue weighted by atomic mass is 9.81. The monoisotopic (exact) mass is 233 g/mol. The molecule has 17 heavy (non-hydrogen) atoms. The lowest BCUT2D eigenvalue weighted by molar-refractivity contribution is -0.136. The zero-order chi connectivity index (χ0) is 12.4. The number of imide groups is 1. The van der Waals surface area contributed by atoms with Gasteiger partial charge in [0, 0.05) is 18.3 Å². The summed E-state index contributed by atoms with van der Waals surface area (Å²) in [6.45, 7) is 1.83. The van der Waals surface area contributed by atoms with Crippen LogP contribution in [0.5, 0.6) is 5.75 Å². The molecule has 1 aromatic carbocycles. The Labute approximate surface area is 100.0 Å². The van der Waals surface area contributed by atoms with E-state index in [1.165, 1.54) is 0 Å². The second-order valence-corrected chi connectivity index (χ2v) is 4.25. The molecule has 1 fully saturated rings. The summed E-state index contributed by atoms with van der Waals surface area (Å²) in [5.41, 5.74) is 0.922. The number of amides is 2. The number of hydrogen-bond donors (Lipinski definition) is 1. The first-order valence-corrected chi connectivity index (χ1v) is 5.60. The molecule has 0 bridgehead atoms. The molecule has 4 nitrogen and oxygen atoms in total. The minimum atomic E-state index is -0.219. The molecule has 4 heteroatoms. The van der Waals surface area contributed by atoms with Crippen LogP contribution in [-0.2, 0) is 9.59 Å². The van der Waals surface area contributed by atoms with E-state index < -0.39 is 0 Å². The fourth-order valence-electron chi connectivity index (χ4n) is 2.21. The average Bonchev–Trinajstić information content (AvgIpc) is 2.33. The molecular weight excluding hydrogens is 218 g/mol. The highest BCUT2D eigenvalue weighted by Crippen LogP contribution is 2.36. The highest BCUT2D eigenvalue weighted by Gasteiger charge is 2.34. The van der Waals surface area contributed by atoms with Gasteiger partial charge in [0.2, 0.25) is 11.8 Å². The third kappa shape index (κ3) is 2.16. The number of ether oxygens (including phenoxy) is 1. The Balaban J connectivity index is 2.37. The Morgan fingerprint density at radius 2 is 2.00 bits per heavy atom. The van der Waals surface area contributed by atoms with E-state index in [2.05, 4.69) is 5.32 Å². The first-order valence-electron chi connectivity index (χ1n) is 5.60. The largest absolute Gasteiger partial charge is 0.496 e. The van der Waals surface area contributed by atoms with Crippen LogP contribution < -0.4 is 10.1 Å². The number of methoxy groups -OCH3 is 1. The van der Waals surface area contributed by atoms with E-state index in [0.29, 0.717) is 6.42 Å². The van der Waals surface area contributed by atoms with Crippen LogP contribution in [0.25, 0.3) is 0 Å². The molecule has 2 rings (SSSR count). The number of hydrogen-bond acceptors (Lipinski definition) is 3. The van der Waals surface area contributed by atoms with Crippen LogP contribution in [0.3, 0.4) is 0 Å². The summed E-state index contributed by atoms with van der Waals surface area (Å²) < 4.78 is 5.27. The molecule has 0 aromatic heterocycles. The highest BCUT2D eigenvalue weighted by atomic mass is 16.5. The van der Waals surface area contributed by atoms with Gasteiger partial charge in [-0.1, -0.05) is 25.1 Å². The quantitative estimate of drug-likeness (QED) is 0.787. The number of rotatable bonds is 2. The summed E-state index contributed by atoms with van der Waals surface area (Å²) in [6, 6.07) is 7.52. The second kappa shape index (κ2) is 4.57. The molecule has 2 amide bonds. The maximum absolute atomic E-state index is 11.6. The van der Waals surface area contributed by atoms with Gasteiger partial charge in [0.25, 0.3) is 0 Å². The smallest absolute Gasteiger partial charge is 0.230 e.